The van der Waals surface area contributed by atoms with Crippen LogP contribution < -0.4 is 9.47 Å². The molecule has 21 heavy (non-hydrogen) atoms. The van der Waals surface area contributed by atoms with E-state index < -0.39 is 11.6 Å². The van der Waals surface area contributed by atoms with E-state index in [4.69, 9.17) is 14.6 Å². The van der Waals surface area contributed by atoms with E-state index in [1.165, 1.54) is 13.8 Å². The van der Waals surface area contributed by atoms with Crippen molar-refractivity contribution >= 4 is 5.97 Å². The third-order valence-corrected chi connectivity index (χ3v) is 3.17. The molecule has 0 saturated carbocycles. The van der Waals surface area contributed by atoms with Gasteiger partial charge in [-0.05, 0) is 49.2 Å². The number of aliphatic carboxylic acids is 1. The average Bonchev–Trinajstić information content (AvgIpc) is 2.48. The SMILES string of the molecule is COc1ccc(-c2ccc(OC(C)(C)C(=O)O)cc2)cc1. The van der Waals surface area contributed by atoms with Gasteiger partial charge in [0.1, 0.15) is 11.5 Å². The highest BCUT2D eigenvalue weighted by atomic mass is 16.5. The zero-order chi connectivity index (χ0) is 15.5. The fourth-order valence-electron chi connectivity index (χ4n) is 1.84. The van der Waals surface area contributed by atoms with Crippen LogP contribution in [-0.2, 0) is 4.79 Å². The number of carboxylic acid groups (broad SMARTS) is 1. The number of benzene rings is 2. The Morgan fingerprint density at radius 1 is 0.905 bits per heavy atom. The zero-order valence-corrected chi connectivity index (χ0v) is 12.3. The van der Waals surface area contributed by atoms with Crippen molar-refractivity contribution in [2.24, 2.45) is 0 Å². The molecule has 0 aliphatic heterocycles. The summed E-state index contributed by atoms with van der Waals surface area (Å²) in [4.78, 5) is 11.0. The Labute approximate surface area is 123 Å². The van der Waals surface area contributed by atoms with Crippen LogP contribution in [0.4, 0.5) is 0 Å². The fourth-order valence-corrected chi connectivity index (χ4v) is 1.84. The molecule has 110 valence electrons. The molecule has 0 heterocycles. The summed E-state index contributed by atoms with van der Waals surface area (Å²) < 4.78 is 10.6. The normalized spacial score (nSPS) is 11.0. The van der Waals surface area contributed by atoms with Crippen molar-refractivity contribution in [2.45, 2.75) is 19.4 Å². The van der Waals surface area contributed by atoms with Crippen molar-refractivity contribution in [3.63, 3.8) is 0 Å². The first-order valence-corrected chi connectivity index (χ1v) is 6.59. The maximum atomic E-state index is 11.0. The molecule has 0 fully saturated rings. The quantitative estimate of drug-likeness (QED) is 0.912. The molecular formula is C17H18O4. The molecule has 0 saturated heterocycles. The number of methoxy groups -OCH3 is 1. The van der Waals surface area contributed by atoms with Crippen LogP contribution >= 0.6 is 0 Å². The van der Waals surface area contributed by atoms with Gasteiger partial charge in [0.15, 0.2) is 5.60 Å². The van der Waals surface area contributed by atoms with Crippen LogP contribution in [0, 0.1) is 0 Å². The summed E-state index contributed by atoms with van der Waals surface area (Å²) in [6.07, 6.45) is 0. The minimum Gasteiger partial charge on any atom is -0.497 e. The Kier molecular flexibility index (Phi) is 4.17. The number of hydrogen-bond acceptors (Lipinski definition) is 3. The summed E-state index contributed by atoms with van der Waals surface area (Å²) in [5.74, 6) is 0.336. The van der Waals surface area contributed by atoms with Crippen molar-refractivity contribution in [3.8, 4) is 22.6 Å². The minimum absolute atomic E-state index is 0.527. The van der Waals surface area contributed by atoms with Crippen LogP contribution in [0.3, 0.4) is 0 Å². The van der Waals surface area contributed by atoms with Crippen molar-refractivity contribution in [1.29, 1.82) is 0 Å². The van der Waals surface area contributed by atoms with Gasteiger partial charge >= 0.3 is 5.97 Å². The molecule has 0 bridgehead atoms. The van der Waals surface area contributed by atoms with Crippen LogP contribution in [0.5, 0.6) is 11.5 Å². The molecular weight excluding hydrogens is 268 g/mol. The molecule has 0 aliphatic carbocycles. The molecule has 0 atom stereocenters. The molecule has 0 spiro atoms. The fraction of sp³-hybridized carbons (Fsp3) is 0.235. The monoisotopic (exact) mass is 286 g/mol. The van der Waals surface area contributed by atoms with E-state index in [1.54, 1.807) is 19.2 Å². The molecule has 2 rings (SSSR count). The summed E-state index contributed by atoms with van der Waals surface area (Å²) in [5.41, 5.74) is 0.833. The lowest BCUT2D eigenvalue weighted by molar-refractivity contribution is -0.152. The minimum atomic E-state index is -1.25. The van der Waals surface area contributed by atoms with Gasteiger partial charge in [-0.3, -0.25) is 0 Å². The van der Waals surface area contributed by atoms with Crippen LogP contribution in [0.1, 0.15) is 13.8 Å². The van der Waals surface area contributed by atoms with Gasteiger partial charge in [0.25, 0.3) is 0 Å². The molecule has 4 heteroatoms. The highest BCUT2D eigenvalue weighted by Gasteiger charge is 2.29. The number of carboxylic acids is 1. The molecule has 4 nitrogen and oxygen atoms in total. The molecule has 2 aromatic carbocycles. The van der Waals surface area contributed by atoms with Crippen LogP contribution in [0.25, 0.3) is 11.1 Å². The summed E-state index contributed by atoms with van der Waals surface area (Å²) in [5, 5.41) is 9.05. The van der Waals surface area contributed by atoms with E-state index in [0.29, 0.717) is 5.75 Å². The predicted molar refractivity (Wildman–Crippen MR) is 80.8 cm³/mol. The summed E-state index contributed by atoms with van der Waals surface area (Å²) in [6.45, 7) is 3.04. The molecule has 0 aliphatic rings. The lowest BCUT2D eigenvalue weighted by atomic mass is 10.1. The smallest absolute Gasteiger partial charge is 0.347 e. The number of carbonyl (C=O) groups is 1. The molecule has 0 radical (unpaired) electrons. The Morgan fingerprint density at radius 2 is 1.33 bits per heavy atom. The van der Waals surface area contributed by atoms with Crippen molar-refractivity contribution < 1.29 is 19.4 Å². The zero-order valence-electron chi connectivity index (χ0n) is 12.3. The predicted octanol–water partition coefficient (Wildman–Crippen LogP) is 3.60. The maximum absolute atomic E-state index is 11.0. The van der Waals surface area contributed by atoms with E-state index in [2.05, 4.69) is 0 Å². The van der Waals surface area contributed by atoms with E-state index in [-0.39, 0.29) is 0 Å². The van der Waals surface area contributed by atoms with Gasteiger partial charge in [0.2, 0.25) is 0 Å². The van der Waals surface area contributed by atoms with E-state index in [0.717, 1.165) is 16.9 Å². The highest BCUT2D eigenvalue weighted by Crippen LogP contribution is 2.26. The number of hydrogen-bond donors (Lipinski definition) is 1. The lowest BCUT2D eigenvalue weighted by Gasteiger charge is -2.21. The van der Waals surface area contributed by atoms with E-state index in [9.17, 15) is 4.79 Å². The van der Waals surface area contributed by atoms with Crippen molar-refractivity contribution in [2.75, 3.05) is 7.11 Å². The van der Waals surface area contributed by atoms with Crippen molar-refractivity contribution in [3.05, 3.63) is 48.5 Å². The second-order valence-electron chi connectivity index (χ2n) is 5.17. The third-order valence-electron chi connectivity index (χ3n) is 3.17. The van der Waals surface area contributed by atoms with Crippen LogP contribution in [-0.4, -0.2) is 23.8 Å². The van der Waals surface area contributed by atoms with Crippen LogP contribution in [0.2, 0.25) is 0 Å². The molecule has 0 unspecified atom stereocenters. The Bertz CT molecular complexity index is 612. The van der Waals surface area contributed by atoms with Gasteiger partial charge < -0.3 is 14.6 Å². The lowest BCUT2D eigenvalue weighted by Crippen LogP contribution is -2.37. The summed E-state index contributed by atoms with van der Waals surface area (Å²) in [7, 11) is 1.63. The van der Waals surface area contributed by atoms with Crippen LogP contribution in [0.15, 0.2) is 48.5 Å². The third kappa shape index (κ3) is 3.54. The number of rotatable bonds is 5. The maximum Gasteiger partial charge on any atom is 0.347 e. The molecule has 0 amide bonds. The van der Waals surface area contributed by atoms with Gasteiger partial charge in [-0.15, -0.1) is 0 Å². The second kappa shape index (κ2) is 5.87. The Balaban J connectivity index is 2.16. The topological polar surface area (TPSA) is 55.8 Å². The molecule has 2 aromatic rings. The average molecular weight is 286 g/mol. The largest absolute Gasteiger partial charge is 0.497 e. The molecule has 1 N–H and O–H groups in total. The van der Waals surface area contributed by atoms with Gasteiger partial charge in [-0.25, -0.2) is 4.79 Å². The first kappa shape index (κ1) is 14.9. The Morgan fingerprint density at radius 3 is 1.71 bits per heavy atom. The van der Waals surface area contributed by atoms with E-state index >= 15 is 0 Å². The first-order chi connectivity index (χ1) is 9.92. The molecule has 0 aromatic heterocycles. The second-order valence-corrected chi connectivity index (χ2v) is 5.17. The van der Waals surface area contributed by atoms with Gasteiger partial charge in [-0.1, -0.05) is 24.3 Å². The number of ether oxygens (including phenoxy) is 2. The highest BCUT2D eigenvalue weighted by molar-refractivity contribution is 5.76. The van der Waals surface area contributed by atoms with Gasteiger partial charge in [-0.2, -0.15) is 0 Å². The van der Waals surface area contributed by atoms with Crippen molar-refractivity contribution in [1.82, 2.24) is 0 Å². The van der Waals surface area contributed by atoms with Gasteiger partial charge in [0, 0.05) is 0 Å². The Hall–Kier alpha value is -2.49. The summed E-state index contributed by atoms with van der Waals surface area (Å²) in [6, 6.07) is 15.1. The summed E-state index contributed by atoms with van der Waals surface area (Å²) >= 11 is 0. The standard InChI is InChI=1S/C17H18O4/c1-17(2,16(18)19)21-15-10-6-13(7-11-15)12-4-8-14(20-3)9-5-12/h4-11H,1-3H3,(H,18,19). The van der Waals surface area contributed by atoms with E-state index in [1.807, 2.05) is 36.4 Å². The first-order valence-electron chi connectivity index (χ1n) is 6.59. The van der Waals surface area contributed by atoms with Gasteiger partial charge in [0.05, 0.1) is 7.11 Å².